The van der Waals surface area contributed by atoms with Crippen LogP contribution in [0, 0.1) is 17.4 Å². The Morgan fingerprint density at radius 3 is 2.35 bits per heavy atom. The predicted octanol–water partition coefficient (Wildman–Crippen LogP) is 0.603. The fourth-order valence-electron chi connectivity index (χ4n) is 2.12. The van der Waals surface area contributed by atoms with Gasteiger partial charge < -0.3 is 15.4 Å². The van der Waals surface area contributed by atoms with E-state index >= 15 is 0 Å². The van der Waals surface area contributed by atoms with E-state index in [0.717, 1.165) is 0 Å². The fourth-order valence-corrected chi connectivity index (χ4v) is 2.70. The summed E-state index contributed by atoms with van der Waals surface area (Å²) in [7, 11) is -0.228. The Balaban J connectivity index is 3.03. The Hall–Kier alpha value is -1.32. The van der Waals surface area contributed by atoms with E-state index in [0.29, 0.717) is 0 Å². The number of methoxy groups -OCH3 is 1. The van der Waals surface area contributed by atoms with E-state index in [1.807, 2.05) is 13.8 Å². The Labute approximate surface area is 121 Å². The molecule has 0 aromatic heterocycles. The highest BCUT2D eigenvalue weighted by Gasteiger charge is 2.51. The van der Waals surface area contributed by atoms with Gasteiger partial charge in [-0.1, -0.05) is 39.4 Å². The lowest BCUT2D eigenvalue weighted by molar-refractivity contribution is -0.165. The number of likely N-dealkylation sites (tertiary alicyclic amines) is 1. The molecule has 112 valence electrons. The molecule has 6 heteroatoms. The zero-order chi connectivity index (χ0) is 15.7. The van der Waals surface area contributed by atoms with Crippen LogP contribution in [-0.4, -0.2) is 50.1 Å². The highest BCUT2D eigenvalue weighted by Crippen LogP contribution is 2.26. The number of carbonyl (C=O) groups is 2. The van der Waals surface area contributed by atoms with Crippen molar-refractivity contribution in [1.29, 1.82) is 0 Å². The molecular weight excluding hydrogens is 272 g/mol. The molecule has 1 heterocycles. The smallest absolute Gasteiger partial charge is 0.328 e. The summed E-state index contributed by atoms with van der Waals surface area (Å²) in [5.41, 5.74) is 9.05. The largest absolute Gasteiger partial charge is 0.467 e. The summed E-state index contributed by atoms with van der Waals surface area (Å²) in [4.78, 5) is 25.4. The number of nitrogens with two attached hydrogens (primary N) is 1. The Morgan fingerprint density at radius 2 is 1.95 bits per heavy atom. The van der Waals surface area contributed by atoms with Crippen LogP contribution < -0.4 is 5.73 Å². The number of hydrogen-bond acceptors (Lipinski definition) is 4. The summed E-state index contributed by atoms with van der Waals surface area (Å²) >= 11 is 0. The first kappa shape index (κ1) is 16.7. The van der Waals surface area contributed by atoms with Crippen molar-refractivity contribution < 1.29 is 14.3 Å². The van der Waals surface area contributed by atoms with Crippen LogP contribution in [0.25, 0.3) is 0 Å². The minimum Gasteiger partial charge on any atom is -0.467 e. The number of ether oxygens (including phenoxy) is 1. The van der Waals surface area contributed by atoms with Gasteiger partial charge in [-0.05, 0) is 5.92 Å². The summed E-state index contributed by atoms with van der Waals surface area (Å²) in [6.07, 6.45) is 0. The van der Waals surface area contributed by atoms with Gasteiger partial charge in [0.15, 0.2) is 0 Å². The molecule has 0 saturated carbocycles. The number of nitrogens with zero attached hydrogens (tertiary/aromatic N) is 1. The molecular formula is C14H24N2O3Si. The molecule has 1 saturated heterocycles. The third-order valence-corrected chi connectivity index (χ3v) is 4.04. The zero-order valence-corrected chi connectivity index (χ0v) is 14.1. The van der Waals surface area contributed by atoms with Gasteiger partial charge in [-0.3, -0.25) is 4.79 Å². The maximum atomic E-state index is 12.0. The first-order valence-electron chi connectivity index (χ1n) is 6.78. The van der Waals surface area contributed by atoms with Gasteiger partial charge in [0.05, 0.1) is 7.11 Å². The molecule has 1 fully saturated rings. The van der Waals surface area contributed by atoms with Gasteiger partial charge in [-0.2, -0.15) is 0 Å². The van der Waals surface area contributed by atoms with Crippen LogP contribution in [0.15, 0.2) is 0 Å². The standard InChI is InChI=1S/C14H24N2O3Si/c1-9(2)12(14(18)19-3)16-10(11(15)13(16)17)7-8-20(4,5)6/h9-12H,15H2,1-6H3/t10-,11-,12-/m0/s1. The lowest BCUT2D eigenvalue weighted by Crippen LogP contribution is -2.72. The van der Waals surface area contributed by atoms with Crippen LogP contribution in [0.3, 0.4) is 0 Å². The van der Waals surface area contributed by atoms with E-state index in [4.69, 9.17) is 10.5 Å². The molecule has 20 heavy (non-hydrogen) atoms. The van der Waals surface area contributed by atoms with Crippen molar-refractivity contribution in [3.05, 3.63) is 0 Å². The van der Waals surface area contributed by atoms with Crippen molar-refractivity contribution in [1.82, 2.24) is 4.90 Å². The molecule has 0 bridgehead atoms. The van der Waals surface area contributed by atoms with E-state index in [2.05, 4.69) is 31.1 Å². The van der Waals surface area contributed by atoms with E-state index in [1.165, 1.54) is 12.0 Å². The monoisotopic (exact) mass is 296 g/mol. The van der Waals surface area contributed by atoms with Crippen molar-refractivity contribution in [2.45, 2.75) is 51.6 Å². The van der Waals surface area contributed by atoms with Gasteiger partial charge in [-0.15, -0.1) is 5.54 Å². The van der Waals surface area contributed by atoms with Crippen molar-refractivity contribution in [3.63, 3.8) is 0 Å². The highest BCUT2D eigenvalue weighted by atomic mass is 28.3. The van der Waals surface area contributed by atoms with E-state index in [1.54, 1.807) is 0 Å². The summed E-state index contributed by atoms with van der Waals surface area (Å²) in [5, 5.41) is 0. The second kappa shape index (κ2) is 5.98. The first-order valence-corrected chi connectivity index (χ1v) is 10.3. The van der Waals surface area contributed by atoms with Crippen molar-refractivity contribution in [2.24, 2.45) is 11.7 Å². The highest BCUT2D eigenvalue weighted by molar-refractivity contribution is 6.83. The molecule has 0 unspecified atom stereocenters. The Kier molecular flexibility index (Phi) is 5.00. The van der Waals surface area contributed by atoms with Gasteiger partial charge in [0.2, 0.25) is 5.91 Å². The second-order valence-corrected chi connectivity index (χ2v) is 11.2. The second-order valence-electron chi connectivity index (χ2n) is 6.45. The number of amides is 1. The maximum absolute atomic E-state index is 12.0. The number of carbonyl (C=O) groups excluding carboxylic acids is 2. The summed E-state index contributed by atoms with van der Waals surface area (Å²) in [5.74, 6) is 2.39. The zero-order valence-electron chi connectivity index (χ0n) is 13.1. The van der Waals surface area contributed by atoms with Crippen LogP contribution in [0.5, 0.6) is 0 Å². The van der Waals surface area contributed by atoms with Crippen LogP contribution in [0.1, 0.15) is 13.8 Å². The molecule has 0 spiro atoms. The molecule has 2 N–H and O–H groups in total. The molecule has 0 aromatic rings. The molecule has 0 radical (unpaired) electrons. The Bertz CT molecular complexity index is 459. The molecule has 1 aliphatic heterocycles. The lowest BCUT2D eigenvalue weighted by Gasteiger charge is -2.47. The van der Waals surface area contributed by atoms with E-state index in [9.17, 15) is 9.59 Å². The minimum absolute atomic E-state index is 0.0462. The SMILES string of the molecule is COC(=O)[C@H](C(C)C)N1C(=O)[C@@H](N)[C@@H]1C#C[Si](C)(C)C. The Morgan fingerprint density at radius 1 is 1.40 bits per heavy atom. The molecule has 1 aliphatic rings. The summed E-state index contributed by atoms with van der Waals surface area (Å²) in [6.45, 7) is 10.1. The molecule has 1 amide bonds. The summed E-state index contributed by atoms with van der Waals surface area (Å²) < 4.78 is 4.79. The molecule has 0 aliphatic carbocycles. The third-order valence-electron chi connectivity index (χ3n) is 3.15. The quantitative estimate of drug-likeness (QED) is 0.358. The van der Waals surface area contributed by atoms with E-state index < -0.39 is 26.1 Å². The third kappa shape index (κ3) is 3.41. The van der Waals surface area contributed by atoms with Crippen molar-refractivity contribution in [3.8, 4) is 11.5 Å². The number of hydrogen-bond donors (Lipinski definition) is 1. The number of rotatable bonds is 3. The molecule has 3 atom stereocenters. The number of esters is 1. The minimum atomic E-state index is -1.55. The maximum Gasteiger partial charge on any atom is 0.328 e. The lowest BCUT2D eigenvalue weighted by atomic mass is 9.89. The van der Waals surface area contributed by atoms with Crippen molar-refractivity contribution >= 4 is 20.0 Å². The van der Waals surface area contributed by atoms with Crippen molar-refractivity contribution in [2.75, 3.05) is 7.11 Å². The van der Waals surface area contributed by atoms with Crippen LogP contribution in [0.4, 0.5) is 0 Å². The van der Waals surface area contributed by atoms with Gasteiger partial charge in [0.1, 0.15) is 26.2 Å². The molecule has 0 aromatic carbocycles. The van der Waals surface area contributed by atoms with Gasteiger partial charge in [-0.25, -0.2) is 4.79 Å². The molecule has 5 nitrogen and oxygen atoms in total. The average Bonchev–Trinajstić information content (AvgIpc) is 2.34. The van der Waals surface area contributed by atoms with E-state index in [-0.39, 0.29) is 17.9 Å². The summed E-state index contributed by atoms with van der Waals surface area (Å²) in [6, 6.07) is -1.64. The number of β-lactam (4-membered cyclic amide) rings is 1. The first-order chi connectivity index (χ1) is 9.10. The van der Waals surface area contributed by atoms with Crippen LogP contribution in [0.2, 0.25) is 19.6 Å². The van der Waals surface area contributed by atoms with Crippen LogP contribution >= 0.6 is 0 Å². The molecule has 1 rings (SSSR count). The normalized spacial score (nSPS) is 23.8. The predicted molar refractivity (Wildman–Crippen MR) is 80.4 cm³/mol. The van der Waals surface area contributed by atoms with Crippen LogP contribution in [-0.2, 0) is 14.3 Å². The van der Waals surface area contributed by atoms with Gasteiger partial charge in [0.25, 0.3) is 0 Å². The average molecular weight is 296 g/mol. The van der Waals surface area contributed by atoms with Gasteiger partial charge >= 0.3 is 5.97 Å². The topological polar surface area (TPSA) is 72.6 Å². The fraction of sp³-hybridized carbons (Fsp3) is 0.714. The van der Waals surface area contributed by atoms with Gasteiger partial charge in [0, 0.05) is 0 Å².